The SMILES string of the molecule is COC(C#N)C(=N)CC#N. The summed E-state index contributed by atoms with van der Waals surface area (Å²) in [7, 11) is 1.33. The topological polar surface area (TPSA) is 80.7 Å². The zero-order valence-electron chi connectivity index (χ0n) is 5.59. The highest BCUT2D eigenvalue weighted by atomic mass is 16.5. The lowest BCUT2D eigenvalue weighted by atomic mass is 10.2. The van der Waals surface area contributed by atoms with Crippen molar-refractivity contribution in [1.82, 2.24) is 0 Å². The van der Waals surface area contributed by atoms with Crippen molar-refractivity contribution in [3.8, 4) is 12.1 Å². The zero-order valence-corrected chi connectivity index (χ0v) is 5.59. The van der Waals surface area contributed by atoms with Gasteiger partial charge in [-0.2, -0.15) is 10.5 Å². The number of nitrogens with one attached hydrogen (secondary N) is 1. The second-order valence-electron chi connectivity index (χ2n) is 1.60. The van der Waals surface area contributed by atoms with Crippen molar-refractivity contribution < 1.29 is 4.74 Å². The molecule has 52 valence electrons. The number of nitrogens with zero attached hydrogens (tertiary/aromatic N) is 2. The van der Waals surface area contributed by atoms with E-state index in [-0.39, 0.29) is 12.1 Å². The van der Waals surface area contributed by atoms with Crippen molar-refractivity contribution in [1.29, 1.82) is 15.9 Å². The predicted molar refractivity (Wildman–Crippen MR) is 34.4 cm³/mol. The highest BCUT2D eigenvalue weighted by Crippen LogP contribution is 1.93. The lowest BCUT2D eigenvalue weighted by Crippen LogP contribution is -2.19. The highest BCUT2D eigenvalue weighted by Gasteiger charge is 2.10. The van der Waals surface area contributed by atoms with Gasteiger partial charge in [0, 0.05) is 7.11 Å². The van der Waals surface area contributed by atoms with Gasteiger partial charge in [0.25, 0.3) is 0 Å². The minimum absolute atomic E-state index is 0.00694. The van der Waals surface area contributed by atoms with Gasteiger partial charge in [0.15, 0.2) is 6.10 Å². The van der Waals surface area contributed by atoms with Crippen LogP contribution in [0, 0.1) is 28.1 Å². The third-order valence-electron chi connectivity index (χ3n) is 0.939. The molecule has 1 unspecified atom stereocenters. The molecule has 0 fully saturated rings. The molecular formula is C6H7N3O. The van der Waals surface area contributed by atoms with E-state index in [9.17, 15) is 0 Å². The van der Waals surface area contributed by atoms with Crippen LogP contribution in [0.3, 0.4) is 0 Å². The van der Waals surface area contributed by atoms with E-state index in [2.05, 4.69) is 4.74 Å². The molecule has 0 aromatic carbocycles. The number of rotatable bonds is 3. The number of ether oxygens (including phenoxy) is 1. The monoisotopic (exact) mass is 137 g/mol. The van der Waals surface area contributed by atoms with Crippen LogP contribution in [0.5, 0.6) is 0 Å². The van der Waals surface area contributed by atoms with Gasteiger partial charge in [-0.3, -0.25) is 0 Å². The maximum absolute atomic E-state index is 8.30. The van der Waals surface area contributed by atoms with Gasteiger partial charge in [-0.25, -0.2) is 0 Å². The molecule has 1 atom stereocenters. The summed E-state index contributed by atoms with van der Waals surface area (Å²) >= 11 is 0. The summed E-state index contributed by atoms with van der Waals surface area (Å²) in [6.07, 6.45) is -0.911. The summed E-state index contributed by atoms with van der Waals surface area (Å²) in [5, 5.41) is 23.5. The van der Waals surface area contributed by atoms with E-state index in [1.165, 1.54) is 7.11 Å². The Kier molecular flexibility index (Phi) is 3.86. The summed E-state index contributed by atoms with van der Waals surface area (Å²) < 4.78 is 4.58. The van der Waals surface area contributed by atoms with E-state index in [4.69, 9.17) is 15.9 Å². The van der Waals surface area contributed by atoms with Crippen LogP contribution in [-0.4, -0.2) is 18.9 Å². The zero-order chi connectivity index (χ0) is 7.98. The van der Waals surface area contributed by atoms with Crippen LogP contribution in [0.25, 0.3) is 0 Å². The molecule has 0 aromatic heterocycles. The van der Waals surface area contributed by atoms with E-state index in [1.807, 2.05) is 0 Å². The molecule has 0 aromatic rings. The molecule has 0 heterocycles. The molecule has 0 radical (unpaired) electrons. The minimum Gasteiger partial charge on any atom is -0.361 e. The molecule has 1 N–H and O–H groups in total. The molecule has 0 amide bonds. The molecule has 0 aliphatic rings. The fourth-order valence-corrected chi connectivity index (χ4v) is 0.451. The van der Waals surface area contributed by atoms with Crippen LogP contribution in [0.4, 0.5) is 0 Å². The van der Waals surface area contributed by atoms with E-state index < -0.39 is 6.10 Å². The number of nitriles is 2. The smallest absolute Gasteiger partial charge is 0.181 e. The summed E-state index contributed by atoms with van der Waals surface area (Å²) in [6.45, 7) is 0. The molecule has 4 nitrogen and oxygen atoms in total. The molecule has 0 aliphatic carbocycles. The van der Waals surface area contributed by atoms with Crippen LogP contribution in [-0.2, 0) is 4.74 Å². The molecule has 0 aliphatic heterocycles. The van der Waals surface area contributed by atoms with Crippen LogP contribution >= 0.6 is 0 Å². The number of hydrogen-bond donors (Lipinski definition) is 1. The van der Waals surface area contributed by atoms with Gasteiger partial charge >= 0.3 is 0 Å². The van der Waals surface area contributed by atoms with Crippen LogP contribution < -0.4 is 0 Å². The average molecular weight is 137 g/mol. The Bertz CT molecular complexity index is 198. The van der Waals surface area contributed by atoms with Crippen molar-refractivity contribution in [3.63, 3.8) is 0 Å². The maximum atomic E-state index is 8.30. The third-order valence-corrected chi connectivity index (χ3v) is 0.939. The van der Waals surface area contributed by atoms with E-state index in [0.29, 0.717) is 0 Å². The lowest BCUT2D eigenvalue weighted by molar-refractivity contribution is 0.195. The third kappa shape index (κ3) is 2.25. The molecule has 10 heavy (non-hydrogen) atoms. The van der Waals surface area contributed by atoms with Crippen molar-refractivity contribution in [2.45, 2.75) is 12.5 Å². The summed E-state index contributed by atoms with van der Waals surface area (Å²) in [5.74, 6) is 0. The first kappa shape index (κ1) is 8.61. The second kappa shape index (κ2) is 4.49. The van der Waals surface area contributed by atoms with Gasteiger partial charge in [0.1, 0.15) is 6.07 Å². The first-order chi connectivity index (χ1) is 4.76. The van der Waals surface area contributed by atoms with Gasteiger partial charge in [-0.1, -0.05) is 0 Å². The van der Waals surface area contributed by atoms with Gasteiger partial charge in [-0.15, -0.1) is 0 Å². The van der Waals surface area contributed by atoms with Crippen molar-refractivity contribution in [3.05, 3.63) is 0 Å². The van der Waals surface area contributed by atoms with E-state index >= 15 is 0 Å². The summed E-state index contributed by atoms with van der Waals surface area (Å²) in [4.78, 5) is 0. The molecule has 0 spiro atoms. The molecule has 0 bridgehead atoms. The largest absolute Gasteiger partial charge is 0.361 e. The molecule has 4 heteroatoms. The molecule has 0 saturated heterocycles. The minimum atomic E-state index is -0.861. The van der Waals surface area contributed by atoms with Gasteiger partial charge in [0.2, 0.25) is 0 Å². The van der Waals surface area contributed by atoms with Gasteiger partial charge < -0.3 is 10.1 Å². The molecular weight excluding hydrogens is 130 g/mol. The Balaban J connectivity index is 3.96. The Morgan fingerprint density at radius 1 is 1.70 bits per heavy atom. The van der Waals surface area contributed by atoms with Crippen LogP contribution in [0.15, 0.2) is 0 Å². The second-order valence-corrected chi connectivity index (χ2v) is 1.60. The van der Waals surface area contributed by atoms with Crippen LogP contribution in [0.1, 0.15) is 6.42 Å². The van der Waals surface area contributed by atoms with Crippen molar-refractivity contribution in [2.75, 3.05) is 7.11 Å². The summed E-state index contributed by atoms with van der Waals surface area (Å²) in [5.41, 5.74) is 0.00694. The first-order valence-electron chi connectivity index (χ1n) is 2.63. The van der Waals surface area contributed by atoms with E-state index in [0.717, 1.165) is 0 Å². The average Bonchev–Trinajstić information content (AvgIpc) is 1.91. The number of hydrogen-bond acceptors (Lipinski definition) is 4. The highest BCUT2D eigenvalue weighted by molar-refractivity contribution is 5.89. The number of methoxy groups -OCH3 is 1. The summed E-state index contributed by atoms with van der Waals surface area (Å²) in [6, 6.07) is 3.50. The van der Waals surface area contributed by atoms with E-state index in [1.54, 1.807) is 12.1 Å². The molecule has 0 saturated carbocycles. The Labute approximate surface area is 59.1 Å². The van der Waals surface area contributed by atoms with Gasteiger partial charge in [-0.05, 0) is 0 Å². The molecule has 0 rings (SSSR count). The maximum Gasteiger partial charge on any atom is 0.181 e. The van der Waals surface area contributed by atoms with Crippen LogP contribution in [0.2, 0.25) is 0 Å². The Morgan fingerprint density at radius 2 is 2.30 bits per heavy atom. The van der Waals surface area contributed by atoms with Crippen molar-refractivity contribution in [2.24, 2.45) is 0 Å². The lowest BCUT2D eigenvalue weighted by Gasteiger charge is -2.03. The van der Waals surface area contributed by atoms with Crippen molar-refractivity contribution >= 4 is 5.71 Å². The Hall–Kier alpha value is -1.39. The predicted octanol–water partition coefficient (Wildman–Crippen LogP) is 0.458. The first-order valence-corrected chi connectivity index (χ1v) is 2.63. The fraction of sp³-hybridized carbons (Fsp3) is 0.500. The Morgan fingerprint density at radius 3 is 2.60 bits per heavy atom. The standard InChI is InChI=1S/C6H7N3O/c1-10-6(4-8)5(9)2-3-7/h6,9H,2H2,1H3. The van der Waals surface area contributed by atoms with Gasteiger partial charge in [0.05, 0.1) is 18.2 Å². The fourth-order valence-electron chi connectivity index (χ4n) is 0.451. The normalized spacial score (nSPS) is 11.1. The quantitative estimate of drug-likeness (QED) is 0.573.